The highest BCUT2D eigenvalue weighted by Gasteiger charge is 2.13. The molecule has 1 N–H and O–H groups in total. The maximum atomic E-state index is 12.2. The average Bonchev–Trinajstić information content (AvgIpc) is 2.44. The van der Waals surface area contributed by atoms with Crippen LogP contribution in [0.15, 0.2) is 54.6 Å². The second-order valence-corrected chi connectivity index (χ2v) is 5.91. The van der Waals surface area contributed by atoms with Crippen molar-refractivity contribution in [3.8, 4) is 5.75 Å². The van der Waals surface area contributed by atoms with Gasteiger partial charge in [0.1, 0.15) is 11.4 Å². The summed E-state index contributed by atoms with van der Waals surface area (Å²) < 4.78 is 5.78. The summed E-state index contributed by atoms with van der Waals surface area (Å²) in [7, 11) is 0. The predicted molar refractivity (Wildman–Crippen MR) is 84.4 cm³/mol. The maximum Gasteiger partial charge on any atom is 0.251 e. The number of nitrogens with one attached hydrogen (secondary N) is 1. The van der Waals surface area contributed by atoms with E-state index in [0.717, 1.165) is 5.56 Å². The van der Waals surface area contributed by atoms with Gasteiger partial charge in [-0.2, -0.15) is 0 Å². The fourth-order valence-corrected chi connectivity index (χ4v) is 1.93. The normalized spacial score (nSPS) is 11.0. The molecule has 0 aliphatic rings. The van der Waals surface area contributed by atoms with Gasteiger partial charge in [-0.05, 0) is 44.5 Å². The van der Waals surface area contributed by atoms with Gasteiger partial charge < -0.3 is 10.1 Å². The molecule has 3 heteroatoms. The molecule has 2 aromatic carbocycles. The van der Waals surface area contributed by atoms with Crippen molar-refractivity contribution in [1.82, 2.24) is 5.32 Å². The fraction of sp³-hybridized carbons (Fsp3) is 0.278. The van der Waals surface area contributed by atoms with E-state index in [4.69, 9.17) is 4.74 Å². The van der Waals surface area contributed by atoms with Crippen molar-refractivity contribution in [2.45, 2.75) is 32.9 Å². The van der Waals surface area contributed by atoms with Gasteiger partial charge in [-0.1, -0.05) is 36.4 Å². The van der Waals surface area contributed by atoms with Crippen molar-refractivity contribution in [2.75, 3.05) is 0 Å². The Morgan fingerprint density at radius 2 is 1.76 bits per heavy atom. The van der Waals surface area contributed by atoms with Gasteiger partial charge in [-0.25, -0.2) is 0 Å². The summed E-state index contributed by atoms with van der Waals surface area (Å²) in [5.41, 5.74) is 1.40. The van der Waals surface area contributed by atoms with Gasteiger partial charge in [-0.15, -0.1) is 0 Å². The van der Waals surface area contributed by atoms with Crippen LogP contribution in [0.5, 0.6) is 5.75 Å². The molecule has 0 saturated carbocycles. The van der Waals surface area contributed by atoms with Gasteiger partial charge in [0.05, 0.1) is 0 Å². The van der Waals surface area contributed by atoms with Crippen molar-refractivity contribution < 1.29 is 9.53 Å². The van der Waals surface area contributed by atoms with E-state index in [2.05, 4.69) is 5.32 Å². The van der Waals surface area contributed by atoms with Gasteiger partial charge >= 0.3 is 0 Å². The number of amides is 1. The largest absolute Gasteiger partial charge is 0.488 e. The smallest absolute Gasteiger partial charge is 0.251 e. The molecule has 110 valence electrons. The summed E-state index contributed by atoms with van der Waals surface area (Å²) in [4.78, 5) is 12.2. The number of carbonyl (C=O) groups is 1. The molecular weight excluding hydrogens is 262 g/mol. The lowest BCUT2D eigenvalue weighted by atomic mass is 10.1. The van der Waals surface area contributed by atoms with E-state index in [1.54, 1.807) is 12.1 Å². The molecule has 21 heavy (non-hydrogen) atoms. The highest BCUT2D eigenvalue weighted by Crippen LogP contribution is 2.19. The molecule has 0 aliphatic heterocycles. The molecule has 2 aromatic rings. The van der Waals surface area contributed by atoms with E-state index >= 15 is 0 Å². The van der Waals surface area contributed by atoms with Gasteiger partial charge in [-0.3, -0.25) is 4.79 Å². The minimum atomic E-state index is -0.279. The van der Waals surface area contributed by atoms with E-state index in [1.165, 1.54) is 0 Å². The Bertz CT molecular complexity index is 600. The van der Waals surface area contributed by atoms with E-state index < -0.39 is 0 Å². The molecule has 0 unspecified atom stereocenters. The molecular formula is C18H21NO2. The monoisotopic (exact) mass is 283 g/mol. The van der Waals surface area contributed by atoms with Gasteiger partial charge in [0.15, 0.2) is 0 Å². The molecule has 1 amide bonds. The second-order valence-electron chi connectivity index (χ2n) is 5.91. The number of carbonyl (C=O) groups excluding carboxylic acids is 1. The van der Waals surface area contributed by atoms with Crippen LogP contribution in [0.4, 0.5) is 0 Å². The third-order valence-electron chi connectivity index (χ3n) is 2.82. The highest BCUT2D eigenvalue weighted by molar-refractivity contribution is 5.94. The number of rotatable bonds is 4. The summed E-state index contributed by atoms with van der Waals surface area (Å²) in [6.07, 6.45) is 0. The first kappa shape index (κ1) is 15.1. The van der Waals surface area contributed by atoms with Crippen LogP contribution in [0.3, 0.4) is 0 Å². The molecule has 0 bridgehead atoms. The zero-order chi connectivity index (χ0) is 15.3. The van der Waals surface area contributed by atoms with Crippen LogP contribution < -0.4 is 10.1 Å². The van der Waals surface area contributed by atoms with Crippen LogP contribution in [-0.2, 0) is 6.54 Å². The lowest BCUT2D eigenvalue weighted by Gasteiger charge is -2.21. The van der Waals surface area contributed by atoms with Gasteiger partial charge in [0.2, 0.25) is 0 Å². The summed E-state index contributed by atoms with van der Waals surface area (Å²) in [5.74, 6) is 0.605. The number of benzene rings is 2. The highest BCUT2D eigenvalue weighted by atomic mass is 16.5. The lowest BCUT2D eigenvalue weighted by molar-refractivity contribution is 0.0947. The summed E-state index contributed by atoms with van der Waals surface area (Å²) in [6.45, 7) is 6.46. The quantitative estimate of drug-likeness (QED) is 0.927. The first-order valence-electron chi connectivity index (χ1n) is 7.05. The molecule has 0 fully saturated rings. The van der Waals surface area contributed by atoms with Gasteiger partial charge in [0.25, 0.3) is 5.91 Å². The van der Waals surface area contributed by atoms with E-state index in [9.17, 15) is 4.79 Å². The van der Waals surface area contributed by atoms with E-state index in [1.807, 2.05) is 63.2 Å². The maximum absolute atomic E-state index is 12.2. The zero-order valence-corrected chi connectivity index (χ0v) is 12.7. The molecule has 2 rings (SSSR count). The van der Waals surface area contributed by atoms with Gasteiger partial charge in [0, 0.05) is 12.1 Å². The summed E-state index contributed by atoms with van der Waals surface area (Å²) in [5, 5.41) is 2.91. The predicted octanol–water partition coefficient (Wildman–Crippen LogP) is 3.79. The Kier molecular flexibility index (Phi) is 4.63. The number of hydrogen-bond acceptors (Lipinski definition) is 2. The first-order chi connectivity index (χ1) is 9.94. The third-order valence-corrected chi connectivity index (χ3v) is 2.82. The SMILES string of the molecule is CC(C)(C)Oc1cccc(C(=O)NCc2ccccc2)c1. The Labute approximate surface area is 126 Å². The Balaban J connectivity index is 2.01. The standard InChI is InChI=1S/C18H21NO2/c1-18(2,3)21-16-11-7-10-15(12-16)17(20)19-13-14-8-5-4-6-9-14/h4-12H,13H2,1-3H3,(H,19,20). The summed E-state index contributed by atoms with van der Waals surface area (Å²) in [6, 6.07) is 17.1. The van der Waals surface area contributed by atoms with Crippen LogP contribution in [-0.4, -0.2) is 11.5 Å². The van der Waals surface area contributed by atoms with Crippen LogP contribution in [0, 0.1) is 0 Å². The van der Waals surface area contributed by atoms with Crippen molar-refractivity contribution in [2.24, 2.45) is 0 Å². The van der Waals surface area contributed by atoms with Crippen LogP contribution in [0.2, 0.25) is 0 Å². The van der Waals surface area contributed by atoms with Crippen molar-refractivity contribution in [3.63, 3.8) is 0 Å². The molecule has 3 nitrogen and oxygen atoms in total. The first-order valence-corrected chi connectivity index (χ1v) is 7.05. The Morgan fingerprint density at radius 3 is 2.43 bits per heavy atom. The Hall–Kier alpha value is -2.29. The fourth-order valence-electron chi connectivity index (χ4n) is 1.93. The molecule has 0 aliphatic carbocycles. The second kappa shape index (κ2) is 6.44. The molecule has 0 atom stereocenters. The molecule has 0 aromatic heterocycles. The number of ether oxygens (including phenoxy) is 1. The summed E-state index contributed by atoms with van der Waals surface area (Å²) >= 11 is 0. The lowest BCUT2D eigenvalue weighted by Crippen LogP contribution is -2.24. The Morgan fingerprint density at radius 1 is 1.05 bits per heavy atom. The minimum Gasteiger partial charge on any atom is -0.488 e. The van der Waals surface area contributed by atoms with E-state index in [0.29, 0.717) is 17.9 Å². The molecule has 0 radical (unpaired) electrons. The van der Waals surface area contributed by atoms with Crippen LogP contribution in [0.1, 0.15) is 36.7 Å². The minimum absolute atomic E-state index is 0.0989. The molecule has 0 spiro atoms. The van der Waals surface area contributed by atoms with Crippen molar-refractivity contribution in [1.29, 1.82) is 0 Å². The van der Waals surface area contributed by atoms with Crippen molar-refractivity contribution in [3.05, 3.63) is 65.7 Å². The topological polar surface area (TPSA) is 38.3 Å². The van der Waals surface area contributed by atoms with Crippen LogP contribution in [0.25, 0.3) is 0 Å². The van der Waals surface area contributed by atoms with Crippen LogP contribution >= 0.6 is 0 Å². The van der Waals surface area contributed by atoms with Crippen molar-refractivity contribution >= 4 is 5.91 Å². The molecule has 0 saturated heterocycles. The molecule has 0 heterocycles. The third kappa shape index (κ3) is 4.95. The van der Waals surface area contributed by atoms with E-state index in [-0.39, 0.29) is 11.5 Å². The average molecular weight is 283 g/mol. The zero-order valence-electron chi connectivity index (χ0n) is 12.7. The number of hydrogen-bond donors (Lipinski definition) is 1.